The second-order valence-electron chi connectivity index (χ2n) is 8.68. The van der Waals surface area contributed by atoms with E-state index in [1.54, 1.807) is 11.0 Å². The van der Waals surface area contributed by atoms with Gasteiger partial charge < -0.3 is 20.1 Å². The number of carbonyl (C=O) groups excluding carboxylic acids is 2. The van der Waals surface area contributed by atoms with E-state index in [2.05, 4.69) is 50.4 Å². The summed E-state index contributed by atoms with van der Waals surface area (Å²) in [7, 11) is 0. The van der Waals surface area contributed by atoms with Crippen molar-refractivity contribution in [1.29, 1.82) is 0 Å². The molecule has 0 bridgehead atoms. The molecule has 0 aliphatic carbocycles. The summed E-state index contributed by atoms with van der Waals surface area (Å²) in [6.45, 7) is 1.96. The van der Waals surface area contributed by atoms with Crippen LogP contribution in [-0.4, -0.2) is 102 Å². The Labute approximate surface area is 252 Å². The molecule has 1 aliphatic heterocycles. The maximum absolute atomic E-state index is 12.7. The third-order valence-electron chi connectivity index (χ3n) is 6.21. The van der Waals surface area contributed by atoms with Crippen molar-refractivity contribution in [2.45, 2.75) is 6.04 Å². The van der Waals surface area contributed by atoms with E-state index < -0.39 is 11.9 Å². The van der Waals surface area contributed by atoms with Crippen LogP contribution in [0.15, 0.2) is 83.3 Å². The van der Waals surface area contributed by atoms with E-state index in [1.165, 1.54) is 23.3 Å². The summed E-state index contributed by atoms with van der Waals surface area (Å²) < 4.78 is 5.93. The second-order valence-corrected chi connectivity index (χ2v) is 9.59. The van der Waals surface area contributed by atoms with Crippen LogP contribution >= 0.6 is 15.9 Å². The Morgan fingerprint density at radius 3 is 2.00 bits per heavy atom. The number of ether oxygens (including phenoxy) is 1. The van der Waals surface area contributed by atoms with Crippen LogP contribution in [0.3, 0.4) is 0 Å². The zero-order valence-corrected chi connectivity index (χ0v) is 21.8. The first-order valence-electron chi connectivity index (χ1n) is 11.9. The fourth-order valence-electron chi connectivity index (χ4n) is 4.43. The van der Waals surface area contributed by atoms with Crippen LogP contribution < -0.4 is 5.32 Å². The second kappa shape index (κ2) is 14.6. The molecule has 0 aromatic heterocycles. The molecule has 1 heterocycles. The Kier molecular flexibility index (Phi) is 11.5. The quantitative estimate of drug-likeness (QED) is 0.371. The molecule has 10 heteroatoms. The van der Waals surface area contributed by atoms with Gasteiger partial charge in [0.15, 0.2) is 0 Å². The van der Waals surface area contributed by atoms with Crippen molar-refractivity contribution in [2.24, 2.45) is 0 Å². The summed E-state index contributed by atoms with van der Waals surface area (Å²) in [6.07, 6.45) is 0. The molecule has 194 valence electrons. The van der Waals surface area contributed by atoms with Gasteiger partial charge in [-0.25, -0.2) is 4.79 Å². The first kappa shape index (κ1) is 30.0. The Hall–Kier alpha value is -2.53. The van der Waals surface area contributed by atoms with Gasteiger partial charge in [-0.1, -0.05) is 76.6 Å². The number of nitrogens with one attached hydrogen (secondary N) is 1. The van der Waals surface area contributed by atoms with Gasteiger partial charge in [-0.15, -0.1) is 0 Å². The molecule has 0 radical (unpaired) electrons. The Balaban J connectivity index is 0.00000400. The summed E-state index contributed by atoms with van der Waals surface area (Å²) in [5.74, 6) is -1.87. The third kappa shape index (κ3) is 7.99. The maximum atomic E-state index is 12.7. The minimum absolute atomic E-state index is 0. The van der Waals surface area contributed by atoms with Gasteiger partial charge in [0, 0.05) is 30.7 Å². The fraction of sp³-hybridized carbons (Fsp3) is 0.250. The van der Waals surface area contributed by atoms with Gasteiger partial charge in [-0.3, -0.25) is 14.5 Å². The Morgan fingerprint density at radius 1 is 0.868 bits per heavy atom. The van der Waals surface area contributed by atoms with E-state index in [0.29, 0.717) is 30.7 Å². The van der Waals surface area contributed by atoms with Gasteiger partial charge in [0.25, 0.3) is 0 Å². The standard InChI is InChI=1S/C28H28BrN3O5.Na.H/c29-22-11-12-24(23(17-22)28(35)36)30-25(33)18-37-19-26(34)31-13-15-32(16-14-31)27(20-7-3-1-4-8-20)21-9-5-2-6-10-21;;/h1-12,17,27H,13-16,18-19H2,(H,30,33)(H,35,36);;. The number of carbonyl (C=O) groups is 3. The number of amides is 2. The number of anilines is 1. The number of hydrogen-bond acceptors (Lipinski definition) is 5. The van der Waals surface area contributed by atoms with Gasteiger partial charge in [0.1, 0.15) is 13.2 Å². The minimum atomic E-state index is -1.16. The molecule has 3 aromatic rings. The number of carboxylic acid groups (broad SMARTS) is 1. The number of piperazine rings is 1. The van der Waals surface area contributed by atoms with Gasteiger partial charge in [-0.2, -0.15) is 0 Å². The molecule has 8 nitrogen and oxygen atoms in total. The van der Waals surface area contributed by atoms with Crippen LogP contribution in [0.2, 0.25) is 0 Å². The van der Waals surface area contributed by atoms with Crippen LogP contribution in [0, 0.1) is 0 Å². The molecule has 0 atom stereocenters. The monoisotopic (exact) mass is 589 g/mol. The van der Waals surface area contributed by atoms with E-state index in [1.807, 2.05) is 36.4 Å². The van der Waals surface area contributed by atoms with E-state index in [4.69, 9.17) is 4.74 Å². The molecule has 1 aliphatic rings. The van der Waals surface area contributed by atoms with Crippen molar-refractivity contribution in [3.8, 4) is 0 Å². The molecule has 3 aromatic carbocycles. The molecule has 0 unspecified atom stereocenters. The number of benzene rings is 3. The molecular weight excluding hydrogens is 561 g/mol. The summed E-state index contributed by atoms with van der Waals surface area (Å²) >= 11 is 3.22. The molecule has 1 saturated heterocycles. The van der Waals surface area contributed by atoms with Crippen LogP contribution in [-0.2, 0) is 14.3 Å². The van der Waals surface area contributed by atoms with Crippen molar-refractivity contribution >= 4 is 69.0 Å². The number of rotatable bonds is 9. The van der Waals surface area contributed by atoms with Crippen LogP contribution in [0.4, 0.5) is 5.69 Å². The van der Waals surface area contributed by atoms with Crippen LogP contribution in [0.25, 0.3) is 0 Å². The average Bonchev–Trinajstić information content (AvgIpc) is 2.91. The number of halogens is 1. The molecular formula is C28H29BrN3NaO5. The van der Waals surface area contributed by atoms with Crippen LogP contribution in [0.1, 0.15) is 27.5 Å². The normalized spacial score (nSPS) is 13.6. The predicted octanol–water partition coefficient (Wildman–Crippen LogP) is 3.39. The number of nitrogens with zero attached hydrogens (tertiary/aromatic N) is 2. The van der Waals surface area contributed by atoms with Crippen molar-refractivity contribution in [1.82, 2.24) is 9.80 Å². The van der Waals surface area contributed by atoms with E-state index in [-0.39, 0.29) is 66.0 Å². The van der Waals surface area contributed by atoms with Crippen LogP contribution in [0.5, 0.6) is 0 Å². The van der Waals surface area contributed by atoms with E-state index >= 15 is 0 Å². The molecule has 2 amide bonds. The zero-order valence-electron chi connectivity index (χ0n) is 20.2. The van der Waals surface area contributed by atoms with Gasteiger partial charge in [0.05, 0.1) is 17.3 Å². The molecule has 0 saturated carbocycles. The molecule has 4 rings (SSSR count). The fourth-order valence-corrected chi connectivity index (χ4v) is 4.79. The third-order valence-corrected chi connectivity index (χ3v) is 6.70. The summed E-state index contributed by atoms with van der Waals surface area (Å²) in [6, 6.07) is 25.3. The molecule has 2 N–H and O–H groups in total. The zero-order chi connectivity index (χ0) is 26.2. The molecule has 38 heavy (non-hydrogen) atoms. The van der Waals surface area contributed by atoms with Gasteiger partial charge in [0.2, 0.25) is 11.8 Å². The average molecular weight is 590 g/mol. The van der Waals surface area contributed by atoms with E-state index in [9.17, 15) is 19.5 Å². The number of hydrogen-bond donors (Lipinski definition) is 2. The first-order valence-corrected chi connectivity index (χ1v) is 12.7. The number of carboxylic acids is 1. The topological polar surface area (TPSA) is 99.2 Å². The SMILES string of the molecule is O=C(COCC(=O)N1CCN(C(c2ccccc2)c2ccccc2)CC1)Nc1ccc(Br)cc1C(=O)O.[NaH]. The molecule has 1 fully saturated rings. The summed E-state index contributed by atoms with van der Waals surface area (Å²) in [5.41, 5.74) is 2.54. The van der Waals surface area contributed by atoms with Crippen molar-refractivity contribution in [3.63, 3.8) is 0 Å². The Morgan fingerprint density at radius 2 is 1.45 bits per heavy atom. The van der Waals surface area contributed by atoms with Gasteiger partial charge in [-0.05, 0) is 29.3 Å². The van der Waals surface area contributed by atoms with Crippen molar-refractivity contribution in [3.05, 3.63) is 100 Å². The van der Waals surface area contributed by atoms with Crippen molar-refractivity contribution in [2.75, 3.05) is 44.7 Å². The first-order chi connectivity index (χ1) is 17.9. The summed E-state index contributed by atoms with van der Waals surface area (Å²) in [5, 5.41) is 11.8. The van der Waals surface area contributed by atoms with Crippen molar-refractivity contribution < 1.29 is 24.2 Å². The summed E-state index contributed by atoms with van der Waals surface area (Å²) in [4.78, 5) is 40.5. The predicted molar refractivity (Wildman–Crippen MR) is 151 cm³/mol. The number of aromatic carboxylic acids is 1. The van der Waals surface area contributed by atoms with Gasteiger partial charge >= 0.3 is 35.5 Å². The molecule has 0 spiro atoms. The Bertz CT molecular complexity index is 1200. The van der Waals surface area contributed by atoms with E-state index in [0.717, 1.165) is 0 Å².